The number of benzene rings is 2. The van der Waals surface area contributed by atoms with Crippen LogP contribution in [0.25, 0.3) is 21.9 Å². The Hall–Kier alpha value is -3.05. The zero-order valence-corrected chi connectivity index (χ0v) is 13.8. The number of nitrogens with zero attached hydrogens (tertiary/aromatic N) is 2. The van der Waals surface area contributed by atoms with Crippen molar-refractivity contribution in [2.24, 2.45) is 0 Å². The van der Waals surface area contributed by atoms with E-state index in [0.717, 1.165) is 23.5 Å². The lowest BCUT2D eigenvalue weighted by molar-refractivity contribution is -0.137. The van der Waals surface area contributed by atoms with Gasteiger partial charge in [0.25, 0.3) is 0 Å². The van der Waals surface area contributed by atoms with Crippen LogP contribution < -0.4 is 9.47 Å². The second-order valence-electron chi connectivity index (χ2n) is 5.45. The fraction of sp³-hybridized carbons (Fsp3) is 0.111. The molecule has 0 amide bonds. The minimum atomic E-state index is -4.44. The molecule has 0 atom stereocenters. The van der Waals surface area contributed by atoms with Gasteiger partial charge < -0.3 is 9.47 Å². The fourth-order valence-corrected chi connectivity index (χ4v) is 3.49. The number of nitriles is 1. The van der Waals surface area contributed by atoms with E-state index in [2.05, 4.69) is 11.1 Å². The molecule has 130 valence electrons. The average Bonchev–Trinajstić information content (AvgIpc) is 3.24. The maximum absolute atomic E-state index is 12.8. The van der Waals surface area contributed by atoms with E-state index in [4.69, 9.17) is 9.47 Å². The number of fused-ring (bicyclic) bond motifs is 2. The predicted octanol–water partition coefficient (Wildman–Crippen LogP) is 5.11. The van der Waals surface area contributed by atoms with Crippen molar-refractivity contribution < 1.29 is 22.6 Å². The molecule has 1 aromatic heterocycles. The maximum Gasteiger partial charge on any atom is 0.416 e. The van der Waals surface area contributed by atoms with E-state index in [0.29, 0.717) is 26.8 Å². The molecule has 1 aliphatic rings. The third-order valence-electron chi connectivity index (χ3n) is 3.79. The summed E-state index contributed by atoms with van der Waals surface area (Å²) in [6.45, 7) is 0.101. The maximum atomic E-state index is 12.8. The third-order valence-corrected chi connectivity index (χ3v) is 4.86. The molecule has 0 radical (unpaired) electrons. The van der Waals surface area contributed by atoms with Gasteiger partial charge >= 0.3 is 6.18 Å². The first-order valence-electron chi connectivity index (χ1n) is 7.44. The van der Waals surface area contributed by atoms with Gasteiger partial charge in [0.15, 0.2) is 11.5 Å². The number of alkyl halides is 3. The highest BCUT2D eigenvalue weighted by Crippen LogP contribution is 2.38. The van der Waals surface area contributed by atoms with Crippen LogP contribution in [-0.4, -0.2) is 11.8 Å². The number of halogens is 3. The van der Waals surface area contributed by atoms with Crippen LogP contribution in [0.2, 0.25) is 0 Å². The van der Waals surface area contributed by atoms with Gasteiger partial charge in [-0.05, 0) is 30.3 Å². The number of allylic oxidation sites excluding steroid dienone is 1. The molecule has 0 spiro atoms. The van der Waals surface area contributed by atoms with Crippen molar-refractivity contribution in [2.75, 3.05) is 6.79 Å². The first-order valence-corrected chi connectivity index (χ1v) is 8.26. The molecular weight excluding hydrogens is 365 g/mol. The Morgan fingerprint density at radius 2 is 2.08 bits per heavy atom. The summed E-state index contributed by atoms with van der Waals surface area (Å²) in [4.78, 5) is 4.20. The van der Waals surface area contributed by atoms with E-state index in [-0.39, 0.29) is 17.9 Å². The van der Waals surface area contributed by atoms with Crippen molar-refractivity contribution in [3.8, 4) is 17.6 Å². The van der Waals surface area contributed by atoms with Crippen LogP contribution >= 0.6 is 11.3 Å². The molecule has 0 saturated heterocycles. The highest BCUT2D eigenvalue weighted by molar-refractivity contribution is 7.19. The summed E-state index contributed by atoms with van der Waals surface area (Å²) in [6.07, 6.45) is -2.84. The number of hydrogen-bond donors (Lipinski definition) is 0. The molecule has 8 heteroatoms. The Kier molecular flexibility index (Phi) is 3.81. The number of para-hydroxylation sites is 1. The highest BCUT2D eigenvalue weighted by atomic mass is 32.1. The lowest BCUT2D eigenvalue weighted by Gasteiger charge is -2.04. The van der Waals surface area contributed by atoms with Gasteiger partial charge in [0.05, 0.1) is 21.4 Å². The summed E-state index contributed by atoms with van der Waals surface area (Å²) in [5.74, 6) is 1.11. The number of hydrogen-bond acceptors (Lipinski definition) is 5. The molecule has 0 unspecified atom stereocenters. The Morgan fingerprint density at radius 3 is 2.85 bits per heavy atom. The monoisotopic (exact) mass is 374 g/mol. The van der Waals surface area contributed by atoms with Crippen molar-refractivity contribution in [3.05, 3.63) is 52.5 Å². The van der Waals surface area contributed by atoms with Crippen molar-refractivity contribution >= 4 is 33.2 Å². The smallest absolute Gasteiger partial charge is 0.416 e. The number of ether oxygens (including phenoxy) is 2. The van der Waals surface area contributed by atoms with Crippen molar-refractivity contribution in [1.29, 1.82) is 5.26 Å². The second kappa shape index (κ2) is 6.04. The van der Waals surface area contributed by atoms with E-state index >= 15 is 0 Å². The van der Waals surface area contributed by atoms with Crippen molar-refractivity contribution in [3.63, 3.8) is 0 Å². The van der Waals surface area contributed by atoms with Crippen LogP contribution in [0.1, 0.15) is 16.1 Å². The van der Waals surface area contributed by atoms with Crippen LogP contribution in [0.3, 0.4) is 0 Å². The van der Waals surface area contributed by atoms with Gasteiger partial charge in [0.2, 0.25) is 6.79 Å². The summed E-state index contributed by atoms with van der Waals surface area (Å²) in [5.41, 5.74) is 0.324. The minimum Gasteiger partial charge on any atom is -0.454 e. The van der Waals surface area contributed by atoms with Crippen molar-refractivity contribution in [2.45, 2.75) is 6.18 Å². The van der Waals surface area contributed by atoms with Crippen LogP contribution in [0.5, 0.6) is 11.5 Å². The van der Waals surface area contributed by atoms with Gasteiger partial charge in [-0.1, -0.05) is 12.1 Å². The molecular formula is C18H9F3N2O2S. The highest BCUT2D eigenvalue weighted by Gasteiger charge is 2.31. The lowest BCUT2D eigenvalue weighted by Crippen LogP contribution is -2.03. The topological polar surface area (TPSA) is 55.1 Å². The molecule has 2 aromatic carbocycles. The lowest BCUT2D eigenvalue weighted by atomic mass is 10.1. The van der Waals surface area contributed by atoms with Crippen LogP contribution in [-0.2, 0) is 6.18 Å². The van der Waals surface area contributed by atoms with E-state index < -0.39 is 11.7 Å². The van der Waals surface area contributed by atoms with Crippen LogP contribution in [0, 0.1) is 11.3 Å². The Labute approximate surface area is 149 Å². The normalized spacial score (nSPS) is 13.8. The molecule has 2 heterocycles. The summed E-state index contributed by atoms with van der Waals surface area (Å²) in [7, 11) is 0. The van der Waals surface area contributed by atoms with Gasteiger partial charge in [-0.2, -0.15) is 18.4 Å². The summed E-state index contributed by atoms with van der Waals surface area (Å²) < 4.78 is 49.8. The standard InChI is InChI=1S/C18H9F3N2O2S/c19-18(20,21)12-4-5-15-13(7-12)23-17(26-15)11(8-22)6-10-2-1-3-14-16(10)25-9-24-14/h1-7H,9H2. The summed E-state index contributed by atoms with van der Waals surface area (Å²) >= 11 is 1.16. The quantitative estimate of drug-likeness (QED) is 0.585. The van der Waals surface area contributed by atoms with Crippen LogP contribution in [0.4, 0.5) is 13.2 Å². The first-order chi connectivity index (χ1) is 12.5. The molecule has 26 heavy (non-hydrogen) atoms. The van der Waals surface area contributed by atoms with Gasteiger partial charge in [-0.15, -0.1) is 11.3 Å². The number of aromatic nitrogens is 1. The van der Waals surface area contributed by atoms with Crippen LogP contribution in [0.15, 0.2) is 36.4 Å². The molecule has 0 bridgehead atoms. The summed E-state index contributed by atoms with van der Waals surface area (Å²) in [6, 6.07) is 10.7. The predicted molar refractivity (Wildman–Crippen MR) is 90.7 cm³/mol. The Bertz CT molecular complexity index is 1080. The first kappa shape index (κ1) is 16.4. The molecule has 0 N–H and O–H groups in total. The number of thiazole rings is 1. The zero-order chi connectivity index (χ0) is 18.3. The molecule has 4 rings (SSSR count). The molecule has 0 fully saturated rings. The van der Waals surface area contributed by atoms with Gasteiger partial charge in [0.1, 0.15) is 11.1 Å². The molecule has 0 saturated carbocycles. The Balaban J connectivity index is 1.78. The van der Waals surface area contributed by atoms with E-state index in [1.807, 2.05) is 0 Å². The molecule has 3 aromatic rings. The minimum absolute atomic E-state index is 0.101. The average molecular weight is 374 g/mol. The largest absolute Gasteiger partial charge is 0.454 e. The van der Waals surface area contributed by atoms with Gasteiger partial charge in [0, 0.05) is 5.56 Å². The molecule has 0 aliphatic carbocycles. The zero-order valence-electron chi connectivity index (χ0n) is 13.0. The second-order valence-corrected chi connectivity index (χ2v) is 6.48. The van der Waals surface area contributed by atoms with Gasteiger partial charge in [-0.3, -0.25) is 0 Å². The summed E-state index contributed by atoms with van der Waals surface area (Å²) in [5, 5.41) is 9.84. The molecule has 4 nitrogen and oxygen atoms in total. The number of rotatable bonds is 2. The Morgan fingerprint density at radius 1 is 1.23 bits per heavy atom. The van der Waals surface area contributed by atoms with Crippen molar-refractivity contribution in [1.82, 2.24) is 4.98 Å². The van der Waals surface area contributed by atoms with E-state index in [1.54, 1.807) is 24.3 Å². The SMILES string of the molecule is N#CC(=Cc1cccc2c1OCO2)c1nc2cc(C(F)(F)F)ccc2s1. The fourth-order valence-electron chi connectivity index (χ4n) is 2.58. The van der Waals surface area contributed by atoms with E-state index in [9.17, 15) is 18.4 Å². The third kappa shape index (κ3) is 2.86. The van der Waals surface area contributed by atoms with Gasteiger partial charge in [-0.25, -0.2) is 4.98 Å². The van der Waals surface area contributed by atoms with E-state index in [1.165, 1.54) is 6.07 Å². The molecule has 1 aliphatic heterocycles.